The smallest absolute Gasteiger partial charge is 0.140 e. The minimum absolute atomic E-state index is 0.714. The minimum Gasteiger partial charge on any atom is -0.383 e. The third-order valence-corrected chi connectivity index (χ3v) is 3.33. The number of thioether (sulfide) groups is 1. The Labute approximate surface area is 94.9 Å². The van der Waals surface area contributed by atoms with E-state index in [2.05, 4.69) is 16.2 Å². The Morgan fingerprint density at radius 3 is 2.80 bits per heavy atom. The molecule has 82 valence electrons. The molecule has 4 heteroatoms. The van der Waals surface area contributed by atoms with Crippen LogP contribution in [0.15, 0.2) is 0 Å². The Kier molecular flexibility index (Phi) is 3.46. The van der Waals surface area contributed by atoms with E-state index in [9.17, 15) is 0 Å². The monoisotopic (exact) mass is 223 g/mol. The third-order valence-electron chi connectivity index (χ3n) is 2.78. The van der Waals surface area contributed by atoms with Gasteiger partial charge in [0.25, 0.3) is 0 Å². The molecule has 0 saturated heterocycles. The largest absolute Gasteiger partial charge is 0.383 e. The molecule has 1 aliphatic carbocycles. The van der Waals surface area contributed by atoms with Crippen LogP contribution in [0.1, 0.15) is 36.3 Å². The number of rotatable bonds is 2. The summed E-state index contributed by atoms with van der Waals surface area (Å²) in [5, 5.41) is 0. The lowest BCUT2D eigenvalue weighted by atomic mass is 10.1. The highest BCUT2D eigenvalue weighted by atomic mass is 32.2. The highest BCUT2D eigenvalue weighted by Crippen LogP contribution is 2.23. The first kappa shape index (κ1) is 10.7. The topological polar surface area (TPSA) is 51.8 Å². The van der Waals surface area contributed by atoms with Crippen LogP contribution in [0.25, 0.3) is 0 Å². The summed E-state index contributed by atoms with van der Waals surface area (Å²) in [5.74, 6) is 2.46. The Morgan fingerprint density at radius 1 is 1.20 bits per heavy atom. The van der Waals surface area contributed by atoms with Gasteiger partial charge in [0.15, 0.2) is 0 Å². The molecular weight excluding hydrogens is 206 g/mol. The number of nitrogens with two attached hydrogens (primary N) is 1. The Bertz CT molecular complexity index is 352. The summed E-state index contributed by atoms with van der Waals surface area (Å²) in [6.07, 6.45) is 7.94. The molecule has 2 N–H and O–H groups in total. The summed E-state index contributed by atoms with van der Waals surface area (Å²) >= 11 is 1.74. The van der Waals surface area contributed by atoms with Gasteiger partial charge in [-0.15, -0.1) is 0 Å². The molecule has 1 aromatic rings. The normalized spacial score (nSPS) is 15.8. The summed E-state index contributed by atoms with van der Waals surface area (Å²) in [6.45, 7) is 0. The van der Waals surface area contributed by atoms with Gasteiger partial charge in [0, 0.05) is 11.3 Å². The molecule has 0 saturated carbocycles. The van der Waals surface area contributed by atoms with Gasteiger partial charge in [-0.25, -0.2) is 9.97 Å². The van der Waals surface area contributed by atoms with Crippen LogP contribution in [0.2, 0.25) is 0 Å². The van der Waals surface area contributed by atoms with Crippen LogP contribution in [0, 0.1) is 0 Å². The van der Waals surface area contributed by atoms with Gasteiger partial charge in [0.2, 0.25) is 0 Å². The predicted octanol–water partition coefficient (Wildman–Crippen LogP) is 2.19. The van der Waals surface area contributed by atoms with Crippen LogP contribution >= 0.6 is 11.8 Å². The number of aryl methyl sites for hydroxylation is 1. The molecule has 0 fully saturated rings. The van der Waals surface area contributed by atoms with E-state index < -0.39 is 0 Å². The zero-order valence-corrected chi connectivity index (χ0v) is 9.94. The number of nitrogens with zero attached hydrogens (tertiary/aromatic N) is 2. The number of fused-ring (bicyclic) bond motifs is 1. The van der Waals surface area contributed by atoms with Gasteiger partial charge in [0.05, 0.1) is 5.75 Å². The highest BCUT2D eigenvalue weighted by molar-refractivity contribution is 7.97. The molecule has 1 aromatic heterocycles. The lowest BCUT2D eigenvalue weighted by molar-refractivity contribution is 0.708. The van der Waals surface area contributed by atoms with Gasteiger partial charge >= 0.3 is 0 Å². The second-order valence-corrected chi connectivity index (χ2v) is 4.81. The predicted molar refractivity (Wildman–Crippen MR) is 64.9 cm³/mol. The fourth-order valence-electron chi connectivity index (χ4n) is 2.05. The molecule has 0 amide bonds. The van der Waals surface area contributed by atoms with Crippen molar-refractivity contribution in [3.05, 3.63) is 17.1 Å². The standard InChI is InChI=1S/C11H17N3S/c1-15-7-10-13-9-6-4-2-3-5-8(9)11(12)14-10/h2-7H2,1H3,(H2,12,13,14). The van der Waals surface area contributed by atoms with Crippen molar-refractivity contribution >= 4 is 17.6 Å². The van der Waals surface area contributed by atoms with Crippen molar-refractivity contribution in [1.82, 2.24) is 9.97 Å². The SMILES string of the molecule is CSCc1nc(N)c2c(n1)CCCCC2. The fraction of sp³-hybridized carbons (Fsp3) is 0.636. The quantitative estimate of drug-likeness (QED) is 0.781. The van der Waals surface area contributed by atoms with E-state index in [0.717, 1.165) is 24.4 Å². The Balaban J connectivity index is 2.35. The van der Waals surface area contributed by atoms with Crippen molar-refractivity contribution in [2.24, 2.45) is 0 Å². The van der Waals surface area contributed by atoms with Crippen LogP contribution < -0.4 is 5.73 Å². The summed E-state index contributed by atoms with van der Waals surface area (Å²) in [4.78, 5) is 8.98. The molecule has 0 aromatic carbocycles. The molecule has 0 bridgehead atoms. The van der Waals surface area contributed by atoms with E-state index >= 15 is 0 Å². The minimum atomic E-state index is 0.714. The number of anilines is 1. The summed E-state index contributed by atoms with van der Waals surface area (Å²) < 4.78 is 0. The molecule has 0 spiro atoms. The molecule has 3 nitrogen and oxygen atoms in total. The maximum atomic E-state index is 5.98. The van der Waals surface area contributed by atoms with Crippen LogP contribution in [0.5, 0.6) is 0 Å². The van der Waals surface area contributed by atoms with Gasteiger partial charge in [-0.3, -0.25) is 0 Å². The molecule has 0 unspecified atom stereocenters. The van der Waals surface area contributed by atoms with Gasteiger partial charge in [-0.2, -0.15) is 11.8 Å². The first-order valence-corrected chi connectivity index (χ1v) is 6.83. The number of aromatic nitrogens is 2. The zero-order valence-electron chi connectivity index (χ0n) is 9.12. The first-order valence-electron chi connectivity index (χ1n) is 5.44. The van der Waals surface area contributed by atoms with E-state index in [-0.39, 0.29) is 0 Å². The van der Waals surface area contributed by atoms with Crippen molar-refractivity contribution in [2.75, 3.05) is 12.0 Å². The van der Waals surface area contributed by atoms with E-state index in [1.165, 1.54) is 30.5 Å². The molecule has 1 heterocycles. The van der Waals surface area contributed by atoms with Crippen molar-refractivity contribution < 1.29 is 0 Å². The molecule has 1 aliphatic rings. The number of hydrogen-bond acceptors (Lipinski definition) is 4. The first-order chi connectivity index (χ1) is 7.31. The average Bonchev–Trinajstić information content (AvgIpc) is 2.43. The van der Waals surface area contributed by atoms with E-state index in [1.54, 1.807) is 11.8 Å². The van der Waals surface area contributed by atoms with Crippen molar-refractivity contribution in [2.45, 2.75) is 37.9 Å². The lowest BCUT2D eigenvalue weighted by Gasteiger charge is -2.09. The molecule has 0 radical (unpaired) electrons. The van der Waals surface area contributed by atoms with Crippen LogP contribution in [0.3, 0.4) is 0 Å². The second-order valence-electron chi connectivity index (χ2n) is 3.94. The maximum Gasteiger partial charge on any atom is 0.140 e. The van der Waals surface area contributed by atoms with Crippen molar-refractivity contribution in [3.8, 4) is 0 Å². The molecular formula is C11H17N3S. The van der Waals surface area contributed by atoms with Crippen molar-refractivity contribution in [3.63, 3.8) is 0 Å². The number of nitrogen functional groups attached to an aromatic ring is 1. The van der Waals surface area contributed by atoms with E-state index in [4.69, 9.17) is 5.73 Å². The summed E-state index contributed by atoms with van der Waals surface area (Å²) in [5.41, 5.74) is 8.39. The van der Waals surface area contributed by atoms with E-state index in [1.807, 2.05) is 0 Å². The van der Waals surface area contributed by atoms with Gasteiger partial charge < -0.3 is 5.73 Å². The Hall–Kier alpha value is -0.770. The lowest BCUT2D eigenvalue weighted by Crippen LogP contribution is -2.07. The molecule has 0 aliphatic heterocycles. The highest BCUT2D eigenvalue weighted by Gasteiger charge is 2.14. The number of hydrogen-bond donors (Lipinski definition) is 1. The van der Waals surface area contributed by atoms with E-state index in [0.29, 0.717) is 5.82 Å². The van der Waals surface area contributed by atoms with Crippen LogP contribution in [-0.2, 0) is 18.6 Å². The van der Waals surface area contributed by atoms with Crippen LogP contribution in [-0.4, -0.2) is 16.2 Å². The Morgan fingerprint density at radius 2 is 2.00 bits per heavy atom. The third kappa shape index (κ3) is 2.43. The van der Waals surface area contributed by atoms with Gasteiger partial charge in [0.1, 0.15) is 11.6 Å². The summed E-state index contributed by atoms with van der Waals surface area (Å²) in [7, 11) is 0. The fourth-order valence-corrected chi connectivity index (χ4v) is 2.43. The average molecular weight is 223 g/mol. The van der Waals surface area contributed by atoms with Crippen molar-refractivity contribution in [1.29, 1.82) is 0 Å². The van der Waals surface area contributed by atoms with Gasteiger partial charge in [-0.05, 0) is 31.9 Å². The molecule has 15 heavy (non-hydrogen) atoms. The zero-order chi connectivity index (χ0) is 10.7. The second kappa shape index (κ2) is 4.84. The van der Waals surface area contributed by atoms with Crippen LogP contribution in [0.4, 0.5) is 5.82 Å². The maximum absolute atomic E-state index is 5.98. The molecule has 2 rings (SSSR count). The summed E-state index contributed by atoms with van der Waals surface area (Å²) in [6, 6.07) is 0. The van der Waals surface area contributed by atoms with Gasteiger partial charge in [-0.1, -0.05) is 6.42 Å². The molecule has 0 atom stereocenters.